The lowest BCUT2D eigenvalue weighted by atomic mass is 9.33. The lowest BCUT2D eigenvalue weighted by Crippen LogP contribution is -2.71. The summed E-state index contributed by atoms with van der Waals surface area (Å²) in [5.41, 5.74) is -3.69. The van der Waals surface area contributed by atoms with Gasteiger partial charge in [-0.1, -0.05) is 39.3 Å². The molecule has 21 atom stereocenters. The third-order valence-corrected chi connectivity index (χ3v) is 17.6. The minimum absolute atomic E-state index is 0.200. The second kappa shape index (κ2) is 16.0. The van der Waals surface area contributed by atoms with Crippen LogP contribution in [0.25, 0.3) is 0 Å². The molecule has 7 aliphatic rings. The molecule has 0 radical (unpaired) electrons. The van der Waals surface area contributed by atoms with Gasteiger partial charge in [-0.15, -0.1) is 0 Å². The summed E-state index contributed by atoms with van der Waals surface area (Å²) in [5.74, 6) is -2.14. The van der Waals surface area contributed by atoms with Crippen LogP contribution in [0.3, 0.4) is 0 Å². The number of methoxy groups -OCH3 is 2. The smallest absolute Gasteiger partial charge is 0.311 e. The van der Waals surface area contributed by atoms with E-state index in [1.807, 2.05) is 13.8 Å². The quantitative estimate of drug-likeness (QED) is 0.0854. The van der Waals surface area contributed by atoms with Crippen molar-refractivity contribution < 1.29 is 84.0 Å². The highest BCUT2D eigenvalue weighted by molar-refractivity contribution is 5.80. The van der Waals surface area contributed by atoms with Crippen LogP contribution < -0.4 is 0 Å². The molecule has 7 rings (SSSR count). The topological polar surface area (TPSA) is 272 Å². The van der Waals surface area contributed by atoms with E-state index in [0.29, 0.717) is 44.9 Å². The summed E-state index contributed by atoms with van der Waals surface area (Å²) in [6, 6.07) is 0. The molecule has 0 aromatic heterocycles. The number of esters is 1. The number of carbonyl (C=O) groups is 2. The van der Waals surface area contributed by atoms with Crippen LogP contribution in [0.15, 0.2) is 11.6 Å². The third kappa shape index (κ3) is 6.58. The van der Waals surface area contributed by atoms with Crippen LogP contribution in [0, 0.1) is 50.2 Å². The standard InChI is InChI=1S/C43H68O17/c1-38(37(54)56-7)10-12-43(36(52)53)13-11-41(4)20(21(43)15-38)14-24(55-6)32-39(2)16-22(46)33(40(3,19-45)26(39)8-9-42(32,41)5)60-35-30(51)28(49)31(25(17-44)58-35)59-34-29(50)27(48)23(47)18-57-34/h14,21-35,44-51H,8-13,15-19H2,1-7H3,(H,52,53)/t21-,22-,23+,24+,25+,26+,27-,28+,29+,30+,31+,32+,33-,34-,35-,38-,39-,40-,41+,42+,43-/m0/s1. The lowest BCUT2D eigenvalue weighted by molar-refractivity contribution is -0.368. The maximum absolute atomic E-state index is 13.3. The van der Waals surface area contributed by atoms with E-state index in [0.717, 1.165) is 5.57 Å². The predicted molar refractivity (Wildman–Crippen MR) is 207 cm³/mol. The highest BCUT2D eigenvalue weighted by atomic mass is 16.7. The minimum Gasteiger partial charge on any atom is -0.481 e. The number of fused-ring (bicyclic) bond motifs is 7. The molecule has 2 saturated heterocycles. The second-order valence-electron chi connectivity index (χ2n) is 20.5. The summed E-state index contributed by atoms with van der Waals surface area (Å²) in [5, 5.41) is 97.9. The Labute approximate surface area is 350 Å². The van der Waals surface area contributed by atoms with Gasteiger partial charge in [-0.05, 0) is 86.4 Å². The molecule has 4 saturated carbocycles. The Bertz CT molecular complexity index is 1660. The SMILES string of the molecule is COC(=O)[C@@]1(C)CC[C@]2(C(=O)O)CC[C@]3(C)C(=C[C@@H](OC)[C@@H]4[C@@]5(C)C[C@H](O)[C@H](O[C@@H]6O[C@H](CO)[C@@H](O[C@@H]7OC[C@@H](O)[C@H](O)[C@H]7O)[C@H](O)[C@H]6O)[C@@](C)(CO)[C@@H]5CC[C@]43C)[C@@H]2C1. The average Bonchev–Trinajstić information content (AvgIpc) is 3.21. The van der Waals surface area contributed by atoms with Crippen molar-refractivity contribution in [1.82, 2.24) is 0 Å². The van der Waals surface area contributed by atoms with Gasteiger partial charge < -0.3 is 74.4 Å². The van der Waals surface area contributed by atoms with Crippen molar-refractivity contribution in [3.63, 3.8) is 0 Å². The summed E-state index contributed by atoms with van der Waals surface area (Å²) in [6.45, 7) is 8.77. The van der Waals surface area contributed by atoms with Gasteiger partial charge in [0.05, 0.1) is 56.1 Å². The van der Waals surface area contributed by atoms with Crippen LogP contribution in [0.5, 0.6) is 0 Å². The molecule has 17 heteroatoms. The average molecular weight is 857 g/mol. The van der Waals surface area contributed by atoms with Crippen molar-refractivity contribution in [3.05, 3.63) is 11.6 Å². The van der Waals surface area contributed by atoms with Crippen molar-refractivity contribution in [2.45, 2.75) is 160 Å². The summed E-state index contributed by atoms with van der Waals surface area (Å²) in [4.78, 5) is 26.5. The number of allylic oxidation sites excluding steroid dienone is 1. The summed E-state index contributed by atoms with van der Waals surface area (Å²) >= 11 is 0. The van der Waals surface area contributed by atoms with Gasteiger partial charge in [0.25, 0.3) is 0 Å². The first kappa shape index (κ1) is 46.2. The molecular weight excluding hydrogens is 788 g/mol. The molecule has 60 heavy (non-hydrogen) atoms. The van der Waals surface area contributed by atoms with Crippen LogP contribution in [0.2, 0.25) is 0 Å². The zero-order valence-corrected chi connectivity index (χ0v) is 35.8. The molecule has 0 amide bonds. The normalized spacial score (nSPS) is 54.0. The molecule has 17 nitrogen and oxygen atoms in total. The van der Waals surface area contributed by atoms with Crippen molar-refractivity contribution in [2.75, 3.05) is 34.0 Å². The minimum atomic E-state index is -1.79. The lowest BCUT2D eigenvalue weighted by Gasteiger charge is -2.72. The van der Waals surface area contributed by atoms with Gasteiger partial charge in [-0.2, -0.15) is 0 Å². The maximum atomic E-state index is 13.3. The second-order valence-corrected chi connectivity index (χ2v) is 20.5. The fourth-order valence-corrected chi connectivity index (χ4v) is 14.1. The molecular formula is C43H68O17. The number of carboxylic acids is 1. The number of hydrogen-bond acceptors (Lipinski definition) is 16. The number of aliphatic hydroxyl groups excluding tert-OH is 8. The van der Waals surface area contributed by atoms with E-state index in [-0.39, 0.29) is 30.8 Å². The van der Waals surface area contributed by atoms with Crippen molar-refractivity contribution in [1.29, 1.82) is 0 Å². The molecule has 0 aromatic rings. The molecule has 0 unspecified atom stereocenters. The predicted octanol–water partition coefficient (Wildman–Crippen LogP) is 0.242. The Morgan fingerprint density at radius 2 is 1.48 bits per heavy atom. The molecule has 6 fully saturated rings. The summed E-state index contributed by atoms with van der Waals surface area (Å²) in [6.07, 6.45) is -11.3. The van der Waals surface area contributed by atoms with Crippen LogP contribution in [-0.4, -0.2) is 166 Å². The highest BCUT2D eigenvalue weighted by Gasteiger charge is 2.73. The van der Waals surface area contributed by atoms with E-state index in [1.165, 1.54) is 7.11 Å². The van der Waals surface area contributed by atoms with Crippen molar-refractivity contribution in [2.24, 2.45) is 50.2 Å². The Balaban J connectivity index is 1.18. The van der Waals surface area contributed by atoms with Gasteiger partial charge in [0.2, 0.25) is 0 Å². The largest absolute Gasteiger partial charge is 0.481 e. The van der Waals surface area contributed by atoms with E-state index in [4.69, 9.17) is 28.4 Å². The van der Waals surface area contributed by atoms with Gasteiger partial charge >= 0.3 is 11.9 Å². The molecule has 9 N–H and O–H groups in total. The van der Waals surface area contributed by atoms with Crippen molar-refractivity contribution in [3.8, 4) is 0 Å². The zero-order chi connectivity index (χ0) is 44.1. The Morgan fingerprint density at radius 3 is 2.10 bits per heavy atom. The Kier molecular flexibility index (Phi) is 12.3. The first-order valence-corrected chi connectivity index (χ1v) is 21.5. The first-order valence-electron chi connectivity index (χ1n) is 21.5. The number of carbonyl (C=O) groups excluding carboxylic acids is 1. The molecule has 2 heterocycles. The molecule has 5 aliphatic carbocycles. The van der Waals surface area contributed by atoms with E-state index < -0.39 is 131 Å². The van der Waals surface area contributed by atoms with E-state index >= 15 is 0 Å². The van der Waals surface area contributed by atoms with Gasteiger partial charge in [0, 0.05) is 18.4 Å². The molecule has 0 spiro atoms. The Morgan fingerprint density at radius 1 is 0.817 bits per heavy atom. The zero-order valence-electron chi connectivity index (χ0n) is 35.8. The summed E-state index contributed by atoms with van der Waals surface area (Å²) < 4.78 is 35.0. The number of hydrogen-bond donors (Lipinski definition) is 9. The van der Waals surface area contributed by atoms with E-state index in [2.05, 4.69) is 26.8 Å². The monoisotopic (exact) mass is 856 g/mol. The highest BCUT2D eigenvalue weighted by Crippen LogP contribution is 2.76. The van der Waals surface area contributed by atoms with Gasteiger partial charge in [0.1, 0.15) is 42.7 Å². The van der Waals surface area contributed by atoms with Crippen LogP contribution in [-0.2, 0) is 38.0 Å². The Hall–Kier alpha value is -1.84. The summed E-state index contributed by atoms with van der Waals surface area (Å²) in [7, 11) is 3.00. The number of aliphatic carboxylic acids is 1. The molecule has 0 bridgehead atoms. The van der Waals surface area contributed by atoms with Gasteiger partial charge in [-0.3, -0.25) is 9.59 Å². The van der Waals surface area contributed by atoms with Crippen molar-refractivity contribution >= 4 is 11.9 Å². The fourth-order valence-electron chi connectivity index (χ4n) is 14.1. The number of rotatable bonds is 9. The van der Waals surface area contributed by atoms with E-state index in [1.54, 1.807) is 7.11 Å². The number of ether oxygens (including phenoxy) is 6. The van der Waals surface area contributed by atoms with Crippen LogP contribution in [0.4, 0.5) is 0 Å². The van der Waals surface area contributed by atoms with Gasteiger partial charge in [-0.25, -0.2) is 0 Å². The first-order chi connectivity index (χ1) is 28.1. The van der Waals surface area contributed by atoms with Crippen LogP contribution >= 0.6 is 0 Å². The fraction of sp³-hybridized carbons (Fsp3) is 0.907. The van der Waals surface area contributed by atoms with E-state index in [9.17, 15) is 55.5 Å². The number of carboxylic acid groups (broad SMARTS) is 1. The van der Waals surface area contributed by atoms with Gasteiger partial charge in [0.15, 0.2) is 12.6 Å². The molecule has 2 aliphatic heterocycles. The maximum Gasteiger partial charge on any atom is 0.311 e. The third-order valence-electron chi connectivity index (χ3n) is 17.6. The molecule has 0 aromatic carbocycles. The molecule has 342 valence electrons. The number of aliphatic hydroxyl groups is 8. The van der Waals surface area contributed by atoms with Crippen LogP contribution in [0.1, 0.15) is 86.0 Å².